The fraction of sp³-hybridized carbons (Fsp3) is 0.385. The van der Waals surface area contributed by atoms with Crippen LogP contribution in [-0.2, 0) is 9.59 Å². The van der Waals surface area contributed by atoms with E-state index in [0.717, 1.165) is 6.42 Å². The van der Waals surface area contributed by atoms with Gasteiger partial charge in [0.25, 0.3) is 5.91 Å². The second kappa shape index (κ2) is 5.87. The Hall–Kier alpha value is -1.55. The summed E-state index contributed by atoms with van der Waals surface area (Å²) in [5.74, 6) is 0.439. The van der Waals surface area contributed by atoms with Crippen molar-refractivity contribution in [3.05, 3.63) is 30.3 Å². The molecule has 0 radical (unpaired) electrons. The van der Waals surface area contributed by atoms with Gasteiger partial charge in [0.1, 0.15) is 11.8 Å². The molecule has 18 heavy (non-hydrogen) atoms. The monoisotopic (exact) mass is 267 g/mol. The molecule has 2 rings (SSSR count). The molecule has 1 fully saturated rings. The standard InChI is InChI=1S/C13H14ClNO3/c14-13(17)11-7-4-8-15(11)12(16)9-18-10-5-2-1-3-6-10/h1-3,5-6,11H,4,7-9H2/t11-/m0/s1. The van der Waals surface area contributed by atoms with Gasteiger partial charge in [-0.2, -0.15) is 0 Å². The fourth-order valence-electron chi connectivity index (χ4n) is 2.05. The van der Waals surface area contributed by atoms with Gasteiger partial charge < -0.3 is 9.64 Å². The van der Waals surface area contributed by atoms with E-state index in [-0.39, 0.29) is 12.5 Å². The van der Waals surface area contributed by atoms with E-state index in [1.807, 2.05) is 18.2 Å². The Labute approximate surface area is 110 Å². The van der Waals surface area contributed by atoms with Crippen LogP contribution >= 0.6 is 11.6 Å². The van der Waals surface area contributed by atoms with Crippen molar-refractivity contribution in [2.45, 2.75) is 18.9 Å². The third-order valence-corrected chi connectivity index (χ3v) is 3.19. The van der Waals surface area contributed by atoms with Crippen LogP contribution in [0.3, 0.4) is 0 Å². The second-order valence-corrected chi connectivity index (χ2v) is 4.52. The van der Waals surface area contributed by atoms with Crippen LogP contribution in [0, 0.1) is 0 Å². The van der Waals surface area contributed by atoms with Crippen LogP contribution in [0.15, 0.2) is 30.3 Å². The van der Waals surface area contributed by atoms with Gasteiger partial charge in [0.2, 0.25) is 5.24 Å². The molecule has 1 aromatic rings. The van der Waals surface area contributed by atoms with Crippen LogP contribution in [0.4, 0.5) is 0 Å². The highest BCUT2D eigenvalue weighted by molar-refractivity contribution is 6.64. The highest BCUT2D eigenvalue weighted by Gasteiger charge is 2.33. The number of amides is 1. The number of halogens is 1. The molecule has 1 aliphatic heterocycles. The van der Waals surface area contributed by atoms with Crippen molar-refractivity contribution in [1.29, 1.82) is 0 Å². The molecule has 0 spiro atoms. The normalized spacial score (nSPS) is 18.7. The van der Waals surface area contributed by atoms with E-state index in [0.29, 0.717) is 18.7 Å². The average molecular weight is 268 g/mol. The molecule has 1 atom stereocenters. The maximum atomic E-state index is 11.9. The van der Waals surface area contributed by atoms with Crippen molar-refractivity contribution in [3.63, 3.8) is 0 Å². The predicted octanol–water partition coefficient (Wildman–Crippen LogP) is 1.82. The summed E-state index contributed by atoms with van der Waals surface area (Å²) in [7, 11) is 0. The first kappa shape index (κ1) is 12.9. The van der Waals surface area contributed by atoms with Gasteiger partial charge in [-0.25, -0.2) is 0 Å². The van der Waals surface area contributed by atoms with E-state index < -0.39 is 11.3 Å². The van der Waals surface area contributed by atoms with Gasteiger partial charge in [-0.05, 0) is 36.6 Å². The minimum atomic E-state index is -0.487. The van der Waals surface area contributed by atoms with Crippen molar-refractivity contribution in [3.8, 4) is 5.75 Å². The van der Waals surface area contributed by atoms with E-state index in [4.69, 9.17) is 16.3 Å². The lowest BCUT2D eigenvalue weighted by Crippen LogP contribution is -2.41. The molecule has 5 heteroatoms. The van der Waals surface area contributed by atoms with Gasteiger partial charge in [-0.1, -0.05) is 18.2 Å². The molecule has 1 heterocycles. The lowest BCUT2D eigenvalue weighted by atomic mass is 10.2. The topological polar surface area (TPSA) is 46.6 Å². The van der Waals surface area contributed by atoms with E-state index in [9.17, 15) is 9.59 Å². The van der Waals surface area contributed by atoms with Crippen LogP contribution in [0.25, 0.3) is 0 Å². The third kappa shape index (κ3) is 3.01. The summed E-state index contributed by atoms with van der Waals surface area (Å²) in [4.78, 5) is 24.6. The Balaban J connectivity index is 1.90. The summed E-state index contributed by atoms with van der Waals surface area (Å²) in [5.41, 5.74) is 0. The molecule has 1 aliphatic rings. The Morgan fingerprint density at radius 1 is 1.33 bits per heavy atom. The number of hydrogen-bond acceptors (Lipinski definition) is 3. The number of carbonyl (C=O) groups excluding carboxylic acids is 2. The zero-order valence-electron chi connectivity index (χ0n) is 9.84. The third-order valence-electron chi connectivity index (χ3n) is 2.94. The van der Waals surface area contributed by atoms with Crippen LogP contribution < -0.4 is 4.74 Å². The van der Waals surface area contributed by atoms with Crippen molar-refractivity contribution < 1.29 is 14.3 Å². The van der Waals surface area contributed by atoms with Crippen molar-refractivity contribution >= 4 is 22.8 Å². The predicted molar refractivity (Wildman–Crippen MR) is 67.5 cm³/mol. The molecule has 1 saturated heterocycles. The maximum absolute atomic E-state index is 11.9. The van der Waals surface area contributed by atoms with E-state index >= 15 is 0 Å². The first-order valence-corrected chi connectivity index (χ1v) is 6.23. The number of ether oxygens (including phenoxy) is 1. The van der Waals surface area contributed by atoms with Gasteiger partial charge in [0, 0.05) is 6.54 Å². The molecule has 1 aromatic carbocycles. The smallest absolute Gasteiger partial charge is 0.261 e. The lowest BCUT2D eigenvalue weighted by Gasteiger charge is -2.21. The van der Waals surface area contributed by atoms with Crippen LogP contribution in [0.1, 0.15) is 12.8 Å². The number of carbonyl (C=O) groups is 2. The number of para-hydroxylation sites is 1. The number of nitrogens with zero attached hydrogens (tertiary/aromatic N) is 1. The van der Waals surface area contributed by atoms with Crippen molar-refractivity contribution in [2.24, 2.45) is 0 Å². The Bertz CT molecular complexity index is 435. The summed E-state index contributed by atoms with van der Waals surface area (Å²) in [6.07, 6.45) is 1.44. The molecule has 1 amide bonds. The van der Waals surface area contributed by atoms with E-state index in [2.05, 4.69) is 0 Å². The summed E-state index contributed by atoms with van der Waals surface area (Å²) >= 11 is 5.47. The summed E-state index contributed by atoms with van der Waals surface area (Å²) in [5, 5.41) is -0.472. The second-order valence-electron chi connectivity index (χ2n) is 4.15. The van der Waals surface area contributed by atoms with Crippen LogP contribution in [0.2, 0.25) is 0 Å². The molecular formula is C13H14ClNO3. The molecule has 0 N–H and O–H groups in total. The first-order chi connectivity index (χ1) is 8.68. The molecule has 4 nitrogen and oxygen atoms in total. The van der Waals surface area contributed by atoms with Gasteiger partial charge in [0.05, 0.1) is 0 Å². The quantitative estimate of drug-likeness (QED) is 0.782. The highest BCUT2D eigenvalue weighted by atomic mass is 35.5. The van der Waals surface area contributed by atoms with Crippen LogP contribution in [-0.4, -0.2) is 35.2 Å². The summed E-state index contributed by atoms with van der Waals surface area (Å²) in [6.45, 7) is 0.505. The number of likely N-dealkylation sites (tertiary alicyclic amines) is 1. The molecule has 0 aliphatic carbocycles. The van der Waals surface area contributed by atoms with Crippen LogP contribution in [0.5, 0.6) is 5.75 Å². The highest BCUT2D eigenvalue weighted by Crippen LogP contribution is 2.19. The van der Waals surface area contributed by atoms with E-state index in [1.165, 1.54) is 4.90 Å². The SMILES string of the molecule is O=C(Cl)[C@@H]1CCCN1C(=O)COc1ccccc1. The Kier molecular flexibility index (Phi) is 4.20. The Morgan fingerprint density at radius 2 is 2.06 bits per heavy atom. The minimum absolute atomic E-state index is 0.0648. The molecule has 0 unspecified atom stereocenters. The Morgan fingerprint density at radius 3 is 2.72 bits per heavy atom. The van der Waals surface area contributed by atoms with Gasteiger partial charge in [0.15, 0.2) is 6.61 Å². The molecule has 0 bridgehead atoms. The van der Waals surface area contributed by atoms with Gasteiger partial charge in [-0.3, -0.25) is 9.59 Å². The number of rotatable bonds is 4. The molecule has 0 aromatic heterocycles. The van der Waals surface area contributed by atoms with E-state index in [1.54, 1.807) is 12.1 Å². The lowest BCUT2D eigenvalue weighted by molar-refractivity contribution is -0.137. The van der Waals surface area contributed by atoms with Gasteiger partial charge in [-0.15, -0.1) is 0 Å². The van der Waals surface area contributed by atoms with Crippen molar-refractivity contribution in [2.75, 3.05) is 13.2 Å². The van der Waals surface area contributed by atoms with Crippen molar-refractivity contribution in [1.82, 2.24) is 4.90 Å². The fourth-order valence-corrected chi connectivity index (χ4v) is 2.27. The maximum Gasteiger partial charge on any atom is 0.261 e. The summed E-state index contributed by atoms with van der Waals surface area (Å²) in [6, 6.07) is 8.61. The minimum Gasteiger partial charge on any atom is -0.484 e. The molecule has 0 saturated carbocycles. The number of hydrogen-bond donors (Lipinski definition) is 0. The van der Waals surface area contributed by atoms with Gasteiger partial charge >= 0.3 is 0 Å². The first-order valence-electron chi connectivity index (χ1n) is 5.85. The molecule has 96 valence electrons. The largest absolute Gasteiger partial charge is 0.484 e. The zero-order valence-corrected chi connectivity index (χ0v) is 10.6. The number of benzene rings is 1. The average Bonchev–Trinajstić information content (AvgIpc) is 2.86. The molecular weight excluding hydrogens is 254 g/mol. The zero-order chi connectivity index (χ0) is 13.0. The summed E-state index contributed by atoms with van der Waals surface area (Å²) < 4.78 is 5.36.